The highest BCUT2D eigenvalue weighted by Crippen LogP contribution is 2.17. The summed E-state index contributed by atoms with van der Waals surface area (Å²) in [5.41, 5.74) is 0.669. The second kappa shape index (κ2) is 7.05. The molecular weight excluding hydrogens is 359 g/mol. The van der Waals surface area contributed by atoms with Crippen molar-refractivity contribution in [1.29, 1.82) is 0 Å². The number of nitrogens with one attached hydrogen (secondary N) is 1. The minimum atomic E-state index is -0.719. The molecule has 0 saturated carbocycles. The lowest BCUT2D eigenvalue weighted by Gasteiger charge is -2.12. The SMILES string of the molecule is Cc1cc(NC(=O)c2nn(-c3ccccc3F)c(C)cc2=O)cnc1Cl. The molecule has 1 aromatic carbocycles. The number of para-hydroxylation sites is 1. The predicted octanol–water partition coefficient (Wildman–Crippen LogP) is 3.29. The summed E-state index contributed by atoms with van der Waals surface area (Å²) in [4.78, 5) is 28.6. The van der Waals surface area contributed by atoms with Crippen molar-refractivity contribution in [2.75, 3.05) is 5.32 Å². The molecule has 0 atom stereocenters. The van der Waals surface area contributed by atoms with Gasteiger partial charge >= 0.3 is 0 Å². The maximum atomic E-state index is 14.1. The highest BCUT2D eigenvalue weighted by Gasteiger charge is 2.17. The smallest absolute Gasteiger partial charge is 0.280 e. The van der Waals surface area contributed by atoms with E-state index in [-0.39, 0.29) is 11.4 Å². The molecule has 0 bridgehead atoms. The number of benzene rings is 1. The van der Waals surface area contributed by atoms with Crippen LogP contribution in [0.5, 0.6) is 0 Å². The van der Waals surface area contributed by atoms with Gasteiger partial charge in [0.2, 0.25) is 5.43 Å². The van der Waals surface area contributed by atoms with E-state index in [1.807, 2.05) is 0 Å². The van der Waals surface area contributed by atoms with Gasteiger partial charge in [-0.1, -0.05) is 23.7 Å². The van der Waals surface area contributed by atoms with Crippen LogP contribution in [-0.4, -0.2) is 20.7 Å². The topological polar surface area (TPSA) is 76.9 Å². The van der Waals surface area contributed by atoms with Gasteiger partial charge in [-0.3, -0.25) is 9.59 Å². The number of aromatic nitrogens is 3. The lowest BCUT2D eigenvalue weighted by Crippen LogP contribution is -2.27. The van der Waals surface area contributed by atoms with Gasteiger partial charge in [-0.15, -0.1) is 0 Å². The molecule has 0 radical (unpaired) electrons. The third-order valence-electron chi connectivity index (χ3n) is 3.68. The van der Waals surface area contributed by atoms with E-state index in [2.05, 4.69) is 15.4 Å². The van der Waals surface area contributed by atoms with Crippen LogP contribution in [0.1, 0.15) is 21.7 Å². The molecule has 2 heterocycles. The van der Waals surface area contributed by atoms with Gasteiger partial charge < -0.3 is 5.32 Å². The van der Waals surface area contributed by atoms with Gasteiger partial charge in [-0.25, -0.2) is 14.1 Å². The molecule has 3 aromatic rings. The van der Waals surface area contributed by atoms with E-state index in [0.717, 1.165) is 0 Å². The number of carbonyl (C=O) groups is 1. The summed E-state index contributed by atoms with van der Waals surface area (Å²) in [5, 5.41) is 6.91. The van der Waals surface area contributed by atoms with Crippen LogP contribution in [-0.2, 0) is 0 Å². The Kier molecular flexibility index (Phi) is 4.81. The summed E-state index contributed by atoms with van der Waals surface area (Å²) in [6.45, 7) is 3.34. The second-order valence-corrected chi connectivity index (χ2v) is 6.01. The van der Waals surface area contributed by atoms with Gasteiger partial charge in [0.05, 0.1) is 11.9 Å². The van der Waals surface area contributed by atoms with Crippen LogP contribution >= 0.6 is 11.6 Å². The molecule has 0 aliphatic carbocycles. The van der Waals surface area contributed by atoms with Crippen molar-refractivity contribution in [1.82, 2.24) is 14.8 Å². The van der Waals surface area contributed by atoms with E-state index in [9.17, 15) is 14.0 Å². The van der Waals surface area contributed by atoms with Crippen molar-refractivity contribution in [2.24, 2.45) is 0 Å². The molecule has 2 aromatic heterocycles. The number of rotatable bonds is 3. The van der Waals surface area contributed by atoms with E-state index in [0.29, 0.717) is 22.1 Å². The molecule has 3 rings (SSSR count). The molecule has 1 N–H and O–H groups in total. The highest BCUT2D eigenvalue weighted by molar-refractivity contribution is 6.30. The minimum absolute atomic E-state index is 0.142. The fourth-order valence-corrected chi connectivity index (χ4v) is 2.49. The first kappa shape index (κ1) is 17.8. The van der Waals surface area contributed by atoms with Crippen molar-refractivity contribution < 1.29 is 9.18 Å². The summed E-state index contributed by atoms with van der Waals surface area (Å²) in [6, 6.07) is 8.82. The lowest BCUT2D eigenvalue weighted by atomic mass is 10.2. The van der Waals surface area contributed by atoms with Crippen molar-refractivity contribution in [3.63, 3.8) is 0 Å². The fraction of sp³-hybridized carbons (Fsp3) is 0.111. The normalized spacial score (nSPS) is 10.6. The number of anilines is 1. The number of halogens is 2. The zero-order valence-corrected chi connectivity index (χ0v) is 14.7. The number of carbonyl (C=O) groups excluding carboxylic acids is 1. The Balaban J connectivity index is 2.01. The third kappa shape index (κ3) is 3.48. The van der Waals surface area contributed by atoms with Crippen LogP contribution in [0.25, 0.3) is 5.69 Å². The summed E-state index contributed by atoms with van der Waals surface area (Å²) in [7, 11) is 0. The number of amides is 1. The van der Waals surface area contributed by atoms with Crippen molar-refractivity contribution in [3.05, 3.63) is 80.7 Å². The van der Waals surface area contributed by atoms with Crippen LogP contribution in [0.4, 0.5) is 10.1 Å². The average Bonchev–Trinajstić information content (AvgIpc) is 2.59. The van der Waals surface area contributed by atoms with Gasteiger partial charge in [-0.2, -0.15) is 5.10 Å². The van der Waals surface area contributed by atoms with E-state index in [1.165, 1.54) is 29.1 Å². The minimum Gasteiger partial charge on any atom is -0.319 e. The lowest BCUT2D eigenvalue weighted by molar-refractivity contribution is 0.101. The van der Waals surface area contributed by atoms with Crippen LogP contribution in [0.3, 0.4) is 0 Å². The van der Waals surface area contributed by atoms with Crippen molar-refractivity contribution in [2.45, 2.75) is 13.8 Å². The van der Waals surface area contributed by atoms with Gasteiger partial charge in [0.25, 0.3) is 5.91 Å². The molecule has 132 valence electrons. The van der Waals surface area contributed by atoms with Crippen LogP contribution in [0.2, 0.25) is 5.15 Å². The molecule has 26 heavy (non-hydrogen) atoms. The maximum Gasteiger partial charge on any atom is 0.280 e. The number of aryl methyl sites for hydroxylation is 2. The second-order valence-electron chi connectivity index (χ2n) is 5.65. The quantitative estimate of drug-likeness (QED) is 0.716. The largest absolute Gasteiger partial charge is 0.319 e. The Hall–Kier alpha value is -3.06. The Morgan fingerprint density at radius 3 is 2.65 bits per heavy atom. The highest BCUT2D eigenvalue weighted by atomic mass is 35.5. The fourth-order valence-electron chi connectivity index (χ4n) is 2.39. The van der Waals surface area contributed by atoms with Crippen molar-refractivity contribution in [3.8, 4) is 5.69 Å². The molecule has 6 nitrogen and oxygen atoms in total. The maximum absolute atomic E-state index is 14.1. The van der Waals surface area contributed by atoms with E-state index in [4.69, 9.17) is 11.6 Å². The van der Waals surface area contributed by atoms with Gasteiger partial charge in [-0.05, 0) is 37.6 Å². The Morgan fingerprint density at radius 1 is 1.23 bits per heavy atom. The Labute approximate surface area is 153 Å². The molecule has 0 saturated heterocycles. The van der Waals surface area contributed by atoms with E-state index in [1.54, 1.807) is 32.0 Å². The first-order valence-electron chi connectivity index (χ1n) is 7.66. The van der Waals surface area contributed by atoms with E-state index >= 15 is 0 Å². The monoisotopic (exact) mass is 372 g/mol. The van der Waals surface area contributed by atoms with Gasteiger partial charge in [0.1, 0.15) is 16.7 Å². The van der Waals surface area contributed by atoms with Crippen LogP contribution < -0.4 is 10.7 Å². The van der Waals surface area contributed by atoms with Crippen LogP contribution in [0, 0.1) is 19.7 Å². The zero-order chi connectivity index (χ0) is 18.8. The summed E-state index contributed by atoms with van der Waals surface area (Å²) in [6.07, 6.45) is 1.37. The first-order chi connectivity index (χ1) is 12.4. The van der Waals surface area contributed by atoms with E-state index < -0.39 is 17.2 Å². The number of pyridine rings is 1. The predicted molar refractivity (Wildman–Crippen MR) is 96.5 cm³/mol. The molecular formula is C18H14ClFN4O2. The first-order valence-corrected chi connectivity index (χ1v) is 8.04. The average molecular weight is 373 g/mol. The molecule has 0 fully saturated rings. The van der Waals surface area contributed by atoms with Crippen molar-refractivity contribution >= 4 is 23.2 Å². The molecule has 0 aliphatic rings. The Bertz CT molecular complexity index is 1070. The number of hydrogen-bond acceptors (Lipinski definition) is 4. The summed E-state index contributed by atoms with van der Waals surface area (Å²) >= 11 is 5.86. The summed E-state index contributed by atoms with van der Waals surface area (Å²) < 4.78 is 15.3. The molecule has 0 unspecified atom stereocenters. The molecule has 0 aliphatic heterocycles. The van der Waals surface area contributed by atoms with Gasteiger partial charge in [0, 0.05) is 11.8 Å². The van der Waals surface area contributed by atoms with Gasteiger partial charge in [0.15, 0.2) is 5.69 Å². The summed E-state index contributed by atoms with van der Waals surface area (Å²) in [5.74, 6) is -1.24. The molecule has 1 amide bonds. The molecule has 0 spiro atoms. The number of nitrogens with zero attached hydrogens (tertiary/aromatic N) is 3. The third-order valence-corrected chi connectivity index (χ3v) is 4.07. The Morgan fingerprint density at radius 2 is 1.96 bits per heavy atom. The number of hydrogen-bond donors (Lipinski definition) is 1. The zero-order valence-electron chi connectivity index (χ0n) is 14.0. The molecule has 8 heteroatoms. The van der Waals surface area contributed by atoms with Crippen LogP contribution in [0.15, 0.2) is 47.4 Å². The standard InChI is InChI=1S/C18H14ClFN4O2/c1-10-7-12(9-21-17(10)19)22-18(26)16-15(25)8-11(2)24(23-16)14-6-4-3-5-13(14)20/h3-9H,1-2H3,(H,22,26).